The molecule has 7 heteroatoms. The van der Waals surface area contributed by atoms with Crippen LogP contribution >= 0.6 is 11.6 Å². The van der Waals surface area contributed by atoms with Crippen LogP contribution in [0.5, 0.6) is 0 Å². The molecule has 0 amide bonds. The lowest BCUT2D eigenvalue weighted by Gasteiger charge is -2.19. The maximum Gasteiger partial charge on any atom is 0.305 e. The van der Waals surface area contributed by atoms with Crippen LogP contribution in [-0.2, 0) is 19.6 Å². The number of carbonyl (C=O) groups is 1. The summed E-state index contributed by atoms with van der Waals surface area (Å²) in [4.78, 5) is 11.3. The molecule has 0 saturated carbocycles. The van der Waals surface area contributed by atoms with Crippen molar-refractivity contribution in [3.63, 3.8) is 0 Å². The Kier molecular flexibility index (Phi) is 9.64. The van der Waals surface area contributed by atoms with Gasteiger partial charge < -0.3 is 4.74 Å². The highest BCUT2D eigenvalue weighted by Crippen LogP contribution is 2.24. The molecule has 0 fully saturated rings. The number of sulfonamides is 1. The molecule has 1 unspecified atom stereocenters. The SMILES string of the molecule is COC(=O)CCCCCCCC(NS(=O)(=O)c1cccc(Cl)c1)c1ccccc1. The van der Waals surface area contributed by atoms with E-state index in [0.717, 1.165) is 37.7 Å². The van der Waals surface area contributed by atoms with Gasteiger partial charge >= 0.3 is 5.97 Å². The van der Waals surface area contributed by atoms with Crippen molar-refractivity contribution < 1.29 is 17.9 Å². The molecule has 0 saturated heterocycles. The van der Waals surface area contributed by atoms with Gasteiger partial charge in [-0.2, -0.15) is 0 Å². The first kappa shape index (κ1) is 23.4. The van der Waals surface area contributed by atoms with Crippen LogP contribution in [0.25, 0.3) is 0 Å². The second-order valence-electron chi connectivity index (χ2n) is 6.92. The number of carbonyl (C=O) groups excluding carboxylic acids is 1. The van der Waals surface area contributed by atoms with E-state index in [1.165, 1.54) is 19.2 Å². The zero-order chi connectivity index (χ0) is 21.1. The summed E-state index contributed by atoms with van der Waals surface area (Å²) in [6, 6.07) is 15.5. The minimum absolute atomic E-state index is 0.161. The summed E-state index contributed by atoms with van der Waals surface area (Å²) in [6.07, 6.45) is 5.78. The third kappa shape index (κ3) is 8.17. The highest BCUT2D eigenvalue weighted by molar-refractivity contribution is 7.89. The van der Waals surface area contributed by atoms with Crippen LogP contribution in [0.15, 0.2) is 59.5 Å². The number of methoxy groups -OCH3 is 1. The van der Waals surface area contributed by atoms with Crippen LogP contribution in [0, 0.1) is 0 Å². The normalized spacial score (nSPS) is 12.5. The van der Waals surface area contributed by atoms with E-state index in [-0.39, 0.29) is 16.9 Å². The predicted octanol–water partition coefficient (Wildman–Crippen LogP) is 5.26. The number of ether oxygens (including phenoxy) is 1. The lowest BCUT2D eigenvalue weighted by atomic mass is 10.0. The molecule has 1 atom stereocenters. The van der Waals surface area contributed by atoms with Gasteiger partial charge in [-0.05, 0) is 36.6 Å². The second-order valence-corrected chi connectivity index (χ2v) is 9.07. The Labute approximate surface area is 178 Å². The van der Waals surface area contributed by atoms with E-state index in [2.05, 4.69) is 9.46 Å². The molecule has 0 aliphatic rings. The Morgan fingerprint density at radius 2 is 1.69 bits per heavy atom. The van der Waals surface area contributed by atoms with E-state index in [1.54, 1.807) is 12.1 Å². The molecule has 0 radical (unpaired) electrons. The van der Waals surface area contributed by atoms with Crippen molar-refractivity contribution in [3.8, 4) is 0 Å². The van der Waals surface area contributed by atoms with Crippen molar-refractivity contribution in [2.45, 2.75) is 55.9 Å². The van der Waals surface area contributed by atoms with Crippen molar-refractivity contribution in [2.75, 3.05) is 7.11 Å². The molecule has 158 valence electrons. The summed E-state index contributed by atoms with van der Waals surface area (Å²) in [5, 5.41) is 0.385. The van der Waals surface area contributed by atoms with Crippen LogP contribution in [0.4, 0.5) is 0 Å². The molecule has 29 heavy (non-hydrogen) atoms. The number of benzene rings is 2. The molecule has 2 aromatic carbocycles. The van der Waals surface area contributed by atoms with Crippen LogP contribution in [0.3, 0.4) is 0 Å². The van der Waals surface area contributed by atoms with Crippen LogP contribution < -0.4 is 4.72 Å². The van der Waals surface area contributed by atoms with E-state index in [0.29, 0.717) is 17.9 Å². The van der Waals surface area contributed by atoms with E-state index in [4.69, 9.17) is 11.6 Å². The first-order valence-corrected chi connectivity index (χ1v) is 11.7. The highest BCUT2D eigenvalue weighted by Gasteiger charge is 2.21. The Bertz CT molecular complexity index is 871. The molecule has 5 nitrogen and oxygen atoms in total. The van der Waals surface area contributed by atoms with Crippen LogP contribution in [0.1, 0.15) is 56.6 Å². The Morgan fingerprint density at radius 1 is 1.00 bits per heavy atom. The van der Waals surface area contributed by atoms with Gasteiger partial charge in [0.25, 0.3) is 0 Å². The average molecular weight is 438 g/mol. The molecule has 0 bridgehead atoms. The molecule has 0 heterocycles. The van der Waals surface area contributed by atoms with E-state index < -0.39 is 10.0 Å². The van der Waals surface area contributed by atoms with Gasteiger partial charge in [-0.15, -0.1) is 0 Å². The summed E-state index contributed by atoms with van der Waals surface area (Å²) in [5.41, 5.74) is 0.934. The zero-order valence-corrected chi connectivity index (χ0v) is 18.2. The smallest absolute Gasteiger partial charge is 0.305 e. The summed E-state index contributed by atoms with van der Waals surface area (Å²) in [5.74, 6) is -0.176. The Morgan fingerprint density at radius 3 is 2.38 bits per heavy atom. The molecule has 2 aromatic rings. The average Bonchev–Trinajstić information content (AvgIpc) is 2.72. The third-order valence-corrected chi connectivity index (χ3v) is 6.41. The molecule has 1 N–H and O–H groups in total. The van der Waals surface area contributed by atoms with Gasteiger partial charge in [-0.25, -0.2) is 13.1 Å². The molecular formula is C22H28ClNO4S. The summed E-state index contributed by atoms with van der Waals surface area (Å²) >= 11 is 5.96. The van der Waals surface area contributed by atoms with Gasteiger partial charge in [-0.3, -0.25) is 4.79 Å². The topological polar surface area (TPSA) is 72.5 Å². The minimum atomic E-state index is -3.68. The summed E-state index contributed by atoms with van der Waals surface area (Å²) in [7, 11) is -2.28. The molecule has 0 aliphatic heterocycles. The van der Waals surface area contributed by atoms with Crippen molar-refractivity contribution in [1.82, 2.24) is 4.72 Å². The summed E-state index contributed by atoms with van der Waals surface area (Å²) in [6.45, 7) is 0. The van der Waals surface area contributed by atoms with Crippen LogP contribution in [0.2, 0.25) is 5.02 Å². The molecule has 0 aromatic heterocycles. The quantitative estimate of drug-likeness (QED) is 0.363. The van der Waals surface area contributed by atoms with E-state index in [9.17, 15) is 13.2 Å². The Hall–Kier alpha value is -1.89. The fourth-order valence-corrected chi connectivity index (χ4v) is 4.68. The number of esters is 1. The number of rotatable bonds is 12. The first-order valence-electron chi connectivity index (χ1n) is 9.82. The van der Waals surface area contributed by atoms with Gasteiger partial charge in [0.05, 0.1) is 12.0 Å². The Balaban J connectivity index is 1.94. The van der Waals surface area contributed by atoms with Crippen molar-refractivity contribution in [3.05, 3.63) is 65.2 Å². The second kappa shape index (κ2) is 12.0. The van der Waals surface area contributed by atoms with Gasteiger partial charge in [0, 0.05) is 17.5 Å². The molecule has 0 aliphatic carbocycles. The predicted molar refractivity (Wildman–Crippen MR) is 115 cm³/mol. The monoisotopic (exact) mass is 437 g/mol. The summed E-state index contributed by atoms with van der Waals surface area (Å²) < 4.78 is 33.1. The number of hydrogen-bond acceptors (Lipinski definition) is 4. The largest absolute Gasteiger partial charge is 0.469 e. The van der Waals surface area contributed by atoms with Gasteiger partial charge in [-0.1, -0.05) is 73.7 Å². The van der Waals surface area contributed by atoms with E-state index in [1.807, 2.05) is 30.3 Å². The maximum absolute atomic E-state index is 12.8. The lowest BCUT2D eigenvalue weighted by Crippen LogP contribution is -2.28. The maximum atomic E-state index is 12.8. The third-order valence-electron chi connectivity index (χ3n) is 4.71. The van der Waals surface area contributed by atoms with Crippen molar-refractivity contribution in [2.24, 2.45) is 0 Å². The minimum Gasteiger partial charge on any atom is -0.469 e. The van der Waals surface area contributed by atoms with Crippen LogP contribution in [-0.4, -0.2) is 21.5 Å². The fourth-order valence-electron chi connectivity index (χ4n) is 3.12. The lowest BCUT2D eigenvalue weighted by molar-refractivity contribution is -0.140. The molecule has 2 rings (SSSR count). The van der Waals surface area contributed by atoms with E-state index >= 15 is 0 Å². The standard InChI is InChI=1S/C22H28ClNO4S/c1-28-22(25)16-9-4-2-3-8-15-21(18-11-6-5-7-12-18)24-29(26,27)20-14-10-13-19(23)17-20/h5-7,10-14,17,21,24H,2-4,8-9,15-16H2,1H3. The number of unbranched alkanes of at least 4 members (excludes halogenated alkanes) is 4. The van der Waals surface area contributed by atoms with Gasteiger partial charge in [0.2, 0.25) is 10.0 Å². The van der Waals surface area contributed by atoms with Crippen molar-refractivity contribution in [1.29, 1.82) is 0 Å². The first-order chi connectivity index (χ1) is 13.9. The molecular weight excluding hydrogens is 410 g/mol. The van der Waals surface area contributed by atoms with Crippen molar-refractivity contribution >= 4 is 27.6 Å². The van der Waals surface area contributed by atoms with Gasteiger partial charge in [0.15, 0.2) is 0 Å². The zero-order valence-electron chi connectivity index (χ0n) is 16.6. The number of hydrogen-bond donors (Lipinski definition) is 1. The van der Waals surface area contributed by atoms with Gasteiger partial charge in [0.1, 0.15) is 0 Å². The fraction of sp³-hybridized carbons (Fsp3) is 0.409. The molecule has 0 spiro atoms. The highest BCUT2D eigenvalue weighted by atomic mass is 35.5. The number of nitrogens with one attached hydrogen (secondary N) is 1. The number of halogens is 1.